The van der Waals surface area contributed by atoms with Gasteiger partial charge < -0.3 is 14.6 Å². The maximum Gasteiger partial charge on any atom is 0.433 e. The fraction of sp³-hybridized carbons (Fsp3) is 0.615. The number of hydrogen-bond acceptors (Lipinski definition) is 5. The summed E-state index contributed by atoms with van der Waals surface area (Å²) >= 11 is 0. The highest BCUT2D eigenvalue weighted by Crippen LogP contribution is 2.21. The van der Waals surface area contributed by atoms with Gasteiger partial charge in [-0.2, -0.15) is 0 Å². The molecule has 1 N–H and O–H groups in total. The van der Waals surface area contributed by atoms with Crippen LogP contribution in [0.1, 0.15) is 30.3 Å². The Morgan fingerprint density at radius 3 is 2.67 bits per heavy atom. The first-order valence-corrected chi connectivity index (χ1v) is 6.86. The van der Waals surface area contributed by atoms with Crippen LogP contribution in [0.4, 0.5) is 5.88 Å². The van der Waals surface area contributed by atoms with E-state index in [0.717, 1.165) is 25.9 Å². The van der Waals surface area contributed by atoms with Crippen molar-refractivity contribution in [1.29, 1.82) is 0 Å². The molecule has 21 heavy (non-hydrogen) atoms. The minimum Gasteiger partial charge on any atom is -0.395 e. The Balaban J connectivity index is 0.00000220. The molecule has 0 aliphatic carbocycles. The van der Waals surface area contributed by atoms with Crippen molar-refractivity contribution in [2.24, 2.45) is 5.92 Å². The molecular weight excluding hydrogens is 298 g/mol. The lowest BCUT2D eigenvalue weighted by atomic mass is 9.96. The third-order valence-electron chi connectivity index (χ3n) is 3.57. The molecule has 1 aliphatic heterocycles. The number of hydrogen-bond donors (Lipinski definition) is 1. The van der Waals surface area contributed by atoms with Crippen LogP contribution in [0.2, 0.25) is 0 Å². The quantitative estimate of drug-likeness (QED) is 0.663. The van der Waals surface area contributed by atoms with Crippen LogP contribution in [-0.2, 0) is 0 Å². The average Bonchev–Trinajstić information content (AvgIpc) is 2.95. The number of piperidine rings is 1. The SMILES string of the molecule is CCNCC1CCN(C(=O)c2ccc([N+](=O)[O-])o2)CC1.Cl. The highest BCUT2D eigenvalue weighted by atomic mass is 35.5. The van der Waals surface area contributed by atoms with Gasteiger partial charge in [-0.15, -0.1) is 12.4 Å². The van der Waals surface area contributed by atoms with Crippen molar-refractivity contribution in [2.75, 3.05) is 26.2 Å². The molecule has 1 saturated heterocycles. The van der Waals surface area contributed by atoms with E-state index in [1.54, 1.807) is 4.90 Å². The smallest absolute Gasteiger partial charge is 0.395 e. The fourth-order valence-corrected chi connectivity index (χ4v) is 2.39. The maximum atomic E-state index is 12.2. The van der Waals surface area contributed by atoms with E-state index in [1.165, 1.54) is 12.1 Å². The number of carbonyl (C=O) groups is 1. The molecule has 1 aromatic rings. The van der Waals surface area contributed by atoms with E-state index in [-0.39, 0.29) is 24.1 Å². The van der Waals surface area contributed by atoms with E-state index in [9.17, 15) is 14.9 Å². The highest BCUT2D eigenvalue weighted by molar-refractivity contribution is 5.91. The summed E-state index contributed by atoms with van der Waals surface area (Å²) in [5.41, 5.74) is 0. The van der Waals surface area contributed by atoms with Crippen LogP contribution in [0.15, 0.2) is 16.5 Å². The van der Waals surface area contributed by atoms with Gasteiger partial charge in [0.1, 0.15) is 4.92 Å². The van der Waals surface area contributed by atoms with E-state index in [2.05, 4.69) is 12.2 Å². The Kier molecular flexibility index (Phi) is 6.64. The second-order valence-corrected chi connectivity index (χ2v) is 4.94. The van der Waals surface area contributed by atoms with Gasteiger partial charge in [0.05, 0.1) is 6.07 Å². The van der Waals surface area contributed by atoms with Gasteiger partial charge in [-0.3, -0.25) is 14.9 Å². The van der Waals surface area contributed by atoms with Crippen molar-refractivity contribution in [3.8, 4) is 0 Å². The van der Waals surface area contributed by atoms with Crippen LogP contribution in [0.5, 0.6) is 0 Å². The molecule has 0 unspecified atom stereocenters. The Labute approximate surface area is 129 Å². The molecule has 0 aromatic carbocycles. The van der Waals surface area contributed by atoms with Gasteiger partial charge in [-0.05, 0) is 37.9 Å². The first kappa shape index (κ1) is 17.5. The Hall–Kier alpha value is -1.60. The third kappa shape index (κ3) is 4.44. The standard InChI is InChI=1S/C13H19N3O4.ClH/c1-2-14-9-10-5-7-15(8-6-10)13(17)11-3-4-12(20-11)16(18)19;/h3-4,10,14H,2,5-9H2,1H3;1H. The van der Waals surface area contributed by atoms with E-state index < -0.39 is 10.8 Å². The van der Waals surface area contributed by atoms with E-state index in [0.29, 0.717) is 19.0 Å². The van der Waals surface area contributed by atoms with Gasteiger partial charge in [0.15, 0.2) is 5.76 Å². The number of rotatable bonds is 5. The van der Waals surface area contributed by atoms with Gasteiger partial charge in [-0.1, -0.05) is 6.92 Å². The molecule has 0 spiro atoms. The van der Waals surface area contributed by atoms with Crippen molar-refractivity contribution in [2.45, 2.75) is 19.8 Å². The average molecular weight is 318 g/mol. The summed E-state index contributed by atoms with van der Waals surface area (Å²) in [6.07, 6.45) is 1.89. The van der Waals surface area contributed by atoms with Crippen molar-refractivity contribution in [3.63, 3.8) is 0 Å². The first-order valence-electron chi connectivity index (χ1n) is 6.86. The number of amides is 1. The molecule has 0 bridgehead atoms. The second-order valence-electron chi connectivity index (χ2n) is 4.94. The molecule has 1 amide bonds. The molecule has 2 heterocycles. The van der Waals surface area contributed by atoms with Gasteiger partial charge in [0.25, 0.3) is 5.91 Å². The molecule has 0 radical (unpaired) electrons. The summed E-state index contributed by atoms with van der Waals surface area (Å²) in [6.45, 7) is 5.34. The Morgan fingerprint density at radius 2 is 2.14 bits per heavy atom. The topological polar surface area (TPSA) is 88.6 Å². The van der Waals surface area contributed by atoms with Gasteiger partial charge in [0.2, 0.25) is 0 Å². The van der Waals surface area contributed by atoms with Crippen LogP contribution in [0, 0.1) is 16.0 Å². The van der Waals surface area contributed by atoms with E-state index in [1.807, 2.05) is 0 Å². The fourth-order valence-electron chi connectivity index (χ4n) is 2.39. The predicted molar refractivity (Wildman–Crippen MR) is 79.8 cm³/mol. The summed E-state index contributed by atoms with van der Waals surface area (Å²) in [7, 11) is 0. The molecule has 2 rings (SSSR count). The summed E-state index contributed by atoms with van der Waals surface area (Å²) in [5, 5.41) is 13.8. The van der Waals surface area contributed by atoms with Crippen LogP contribution < -0.4 is 5.32 Å². The van der Waals surface area contributed by atoms with Crippen LogP contribution in [0.25, 0.3) is 0 Å². The number of nitro groups is 1. The van der Waals surface area contributed by atoms with Gasteiger partial charge in [0, 0.05) is 13.1 Å². The largest absolute Gasteiger partial charge is 0.433 e. The molecule has 0 atom stereocenters. The van der Waals surface area contributed by atoms with E-state index in [4.69, 9.17) is 4.42 Å². The monoisotopic (exact) mass is 317 g/mol. The van der Waals surface area contributed by atoms with Crippen LogP contribution >= 0.6 is 12.4 Å². The predicted octanol–water partition coefficient (Wildman–Crippen LogP) is 2.07. The number of nitrogens with one attached hydrogen (secondary N) is 1. The van der Waals surface area contributed by atoms with Crippen molar-refractivity contribution < 1.29 is 14.1 Å². The zero-order valence-corrected chi connectivity index (χ0v) is 12.7. The molecule has 8 heteroatoms. The normalized spacial score (nSPS) is 15.6. The molecule has 0 saturated carbocycles. The number of likely N-dealkylation sites (tertiary alicyclic amines) is 1. The lowest BCUT2D eigenvalue weighted by molar-refractivity contribution is -0.402. The number of furan rings is 1. The van der Waals surface area contributed by atoms with Crippen LogP contribution in [-0.4, -0.2) is 41.9 Å². The highest BCUT2D eigenvalue weighted by Gasteiger charge is 2.26. The van der Waals surface area contributed by atoms with Crippen molar-refractivity contribution >= 4 is 24.2 Å². The molecule has 1 fully saturated rings. The number of nitrogens with zero attached hydrogens (tertiary/aromatic N) is 2. The minimum absolute atomic E-state index is 0. The molecular formula is C13H20ClN3O4. The Bertz CT molecular complexity index is 484. The van der Waals surface area contributed by atoms with Crippen molar-refractivity contribution in [3.05, 3.63) is 28.0 Å². The van der Waals surface area contributed by atoms with E-state index >= 15 is 0 Å². The molecule has 1 aromatic heterocycles. The van der Waals surface area contributed by atoms with Gasteiger partial charge >= 0.3 is 5.88 Å². The zero-order chi connectivity index (χ0) is 14.5. The minimum atomic E-state index is -0.639. The molecule has 1 aliphatic rings. The van der Waals surface area contributed by atoms with Crippen molar-refractivity contribution in [1.82, 2.24) is 10.2 Å². The number of halogens is 1. The maximum absolute atomic E-state index is 12.2. The number of carbonyl (C=O) groups excluding carboxylic acids is 1. The zero-order valence-electron chi connectivity index (χ0n) is 11.9. The Morgan fingerprint density at radius 1 is 1.48 bits per heavy atom. The summed E-state index contributed by atoms with van der Waals surface area (Å²) < 4.78 is 4.95. The molecule has 118 valence electrons. The lowest BCUT2D eigenvalue weighted by Gasteiger charge is -2.31. The summed E-state index contributed by atoms with van der Waals surface area (Å²) in [6, 6.07) is 2.58. The lowest BCUT2D eigenvalue weighted by Crippen LogP contribution is -2.40. The molecule has 7 nitrogen and oxygen atoms in total. The van der Waals surface area contributed by atoms with Crippen LogP contribution in [0.3, 0.4) is 0 Å². The second kappa shape index (κ2) is 7.99. The van der Waals surface area contributed by atoms with Gasteiger partial charge in [-0.25, -0.2) is 0 Å². The third-order valence-corrected chi connectivity index (χ3v) is 3.57. The summed E-state index contributed by atoms with van der Waals surface area (Å²) in [5.74, 6) is -0.0258. The summed E-state index contributed by atoms with van der Waals surface area (Å²) in [4.78, 5) is 23.7. The first-order chi connectivity index (χ1) is 9.61.